The molecule has 1 aliphatic rings. The molecule has 0 aromatic heterocycles. The second-order valence-electron chi connectivity index (χ2n) is 4.55. The van der Waals surface area contributed by atoms with Crippen LogP contribution in [0.25, 0.3) is 0 Å². The number of nitrogens with two attached hydrogens (primary N) is 1. The van der Waals surface area contributed by atoms with Gasteiger partial charge in [-0.25, -0.2) is 0 Å². The molecule has 4 nitrogen and oxygen atoms in total. The molecule has 0 saturated carbocycles. The third kappa shape index (κ3) is 2.92. The molecule has 1 heterocycles. The maximum absolute atomic E-state index is 11.6. The molecule has 4 heteroatoms. The van der Waals surface area contributed by atoms with Gasteiger partial charge in [0.15, 0.2) is 0 Å². The molecule has 0 aromatic carbocycles. The summed E-state index contributed by atoms with van der Waals surface area (Å²) in [6.07, 6.45) is 2.27. The fourth-order valence-corrected chi connectivity index (χ4v) is 2.37. The zero-order valence-corrected chi connectivity index (χ0v) is 9.99. The van der Waals surface area contributed by atoms with Gasteiger partial charge in [0.1, 0.15) is 0 Å². The topological polar surface area (TPSA) is 58.4 Å². The van der Waals surface area contributed by atoms with Crippen molar-refractivity contribution >= 4 is 5.91 Å². The van der Waals surface area contributed by atoms with Crippen LogP contribution in [0.15, 0.2) is 0 Å². The van der Waals surface area contributed by atoms with Gasteiger partial charge in [0.25, 0.3) is 0 Å². The monoisotopic (exact) mass is 213 g/mol. The standard InChI is InChI=1S/C11H23N3O/c1-8-4-5-14(10(6-8)7-12)9(2)11(15)13-3/h8-10H,4-7,12H2,1-3H3,(H,13,15). The van der Waals surface area contributed by atoms with Crippen LogP contribution in [0.1, 0.15) is 26.7 Å². The lowest BCUT2D eigenvalue weighted by Gasteiger charge is -2.40. The van der Waals surface area contributed by atoms with E-state index in [4.69, 9.17) is 5.73 Å². The van der Waals surface area contributed by atoms with Gasteiger partial charge in [0, 0.05) is 19.6 Å². The maximum Gasteiger partial charge on any atom is 0.236 e. The fourth-order valence-electron chi connectivity index (χ4n) is 2.37. The van der Waals surface area contributed by atoms with E-state index in [-0.39, 0.29) is 11.9 Å². The van der Waals surface area contributed by atoms with E-state index in [0.717, 1.165) is 25.3 Å². The van der Waals surface area contributed by atoms with Crippen molar-refractivity contribution in [1.29, 1.82) is 0 Å². The molecular formula is C11H23N3O. The van der Waals surface area contributed by atoms with Crippen molar-refractivity contribution in [2.24, 2.45) is 11.7 Å². The van der Waals surface area contributed by atoms with Crippen LogP contribution in [0.3, 0.4) is 0 Å². The number of hydrogen-bond donors (Lipinski definition) is 2. The molecule has 3 unspecified atom stereocenters. The average Bonchev–Trinajstić information content (AvgIpc) is 2.26. The van der Waals surface area contributed by atoms with Crippen LogP contribution in [-0.4, -0.2) is 43.0 Å². The molecule has 1 rings (SSSR count). The van der Waals surface area contributed by atoms with E-state index < -0.39 is 0 Å². The highest BCUT2D eigenvalue weighted by Crippen LogP contribution is 2.23. The number of likely N-dealkylation sites (tertiary alicyclic amines) is 1. The molecule has 0 spiro atoms. The summed E-state index contributed by atoms with van der Waals surface area (Å²) in [5.41, 5.74) is 5.76. The first-order chi connectivity index (χ1) is 7.10. The molecule has 3 N–H and O–H groups in total. The number of nitrogens with one attached hydrogen (secondary N) is 1. The number of amides is 1. The Morgan fingerprint density at radius 3 is 2.87 bits per heavy atom. The molecule has 3 atom stereocenters. The van der Waals surface area contributed by atoms with Crippen LogP contribution in [0, 0.1) is 5.92 Å². The Morgan fingerprint density at radius 1 is 1.67 bits per heavy atom. The molecule has 88 valence electrons. The SMILES string of the molecule is CNC(=O)C(C)N1CCC(C)CC1CN. The van der Waals surface area contributed by atoms with Crippen molar-refractivity contribution in [2.45, 2.75) is 38.8 Å². The number of rotatable bonds is 3. The first kappa shape index (κ1) is 12.5. The normalized spacial score (nSPS) is 29.9. The second-order valence-corrected chi connectivity index (χ2v) is 4.55. The van der Waals surface area contributed by atoms with Crippen LogP contribution >= 0.6 is 0 Å². The van der Waals surface area contributed by atoms with Crippen molar-refractivity contribution < 1.29 is 4.79 Å². The Bertz CT molecular complexity index is 220. The van der Waals surface area contributed by atoms with Gasteiger partial charge < -0.3 is 11.1 Å². The number of likely N-dealkylation sites (N-methyl/N-ethyl adjacent to an activating group) is 1. The first-order valence-corrected chi connectivity index (χ1v) is 5.77. The average molecular weight is 213 g/mol. The highest BCUT2D eigenvalue weighted by molar-refractivity contribution is 5.81. The summed E-state index contributed by atoms with van der Waals surface area (Å²) < 4.78 is 0. The van der Waals surface area contributed by atoms with E-state index in [1.807, 2.05) is 6.92 Å². The Hall–Kier alpha value is -0.610. The lowest BCUT2D eigenvalue weighted by Crippen LogP contribution is -2.54. The third-order valence-corrected chi connectivity index (χ3v) is 3.42. The molecule has 1 amide bonds. The largest absolute Gasteiger partial charge is 0.358 e. The van der Waals surface area contributed by atoms with Crippen molar-refractivity contribution in [1.82, 2.24) is 10.2 Å². The number of nitrogens with zero attached hydrogens (tertiary/aromatic N) is 1. The minimum Gasteiger partial charge on any atom is -0.358 e. The van der Waals surface area contributed by atoms with Gasteiger partial charge in [-0.05, 0) is 32.2 Å². The summed E-state index contributed by atoms with van der Waals surface area (Å²) in [7, 11) is 1.68. The Kier molecular flexibility index (Phi) is 4.54. The maximum atomic E-state index is 11.6. The second kappa shape index (κ2) is 5.47. The van der Waals surface area contributed by atoms with Gasteiger partial charge in [-0.15, -0.1) is 0 Å². The number of piperidine rings is 1. The molecule has 0 bridgehead atoms. The number of carbonyl (C=O) groups is 1. The van der Waals surface area contributed by atoms with E-state index in [1.54, 1.807) is 7.05 Å². The Morgan fingerprint density at radius 2 is 2.33 bits per heavy atom. The molecule has 0 radical (unpaired) electrons. The molecule has 0 aromatic rings. The van der Waals surface area contributed by atoms with E-state index in [2.05, 4.69) is 17.1 Å². The lowest BCUT2D eigenvalue weighted by atomic mass is 9.91. The Labute approximate surface area is 92.2 Å². The predicted octanol–water partition coefficient (Wildman–Crippen LogP) is 0.180. The summed E-state index contributed by atoms with van der Waals surface area (Å²) in [5.74, 6) is 0.815. The number of hydrogen-bond acceptors (Lipinski definition) is 3. The van der Waals surface area contributed by atoms with Crippen molar-refractivity contribution in [3.8, 4) is 0 Å². The van der Waals surface area contributed by atoms with E-state index in [9.17, 15) is 4.79 Å². The lowest BCUT2D eigenvalue weighted by molar-refractivity contribution is -0.127. The molecule has 15 heavy (non-hydrogen) atoms. The first-order valence-electron chi connectivity index (χ1n) is 5.77. The molecule has 0 aliphatic carbocycles. The summed E-state index contributed by atoms with van der Waals surface area (Å²) in [6.45, 7) is 5.84. The highest BCUT2D eigenvalue weighted by atomic mass is 16.2. The van der Waals surface area contributed by atoms with Gasteiger partial charge in [-0.2, -0.15) is 0 Å². The van der Waals surface area contributed by atoms with E-state index >= 15 is 0 Å². The quantitative estimate of drug-likeness (QED) is 0.703. The highest BCUT2D eigenvalue weighted by Gasteiger charge is 2.31. The smallest absolute Gasteiger partial charge is 0.236 e. The van der Waals surface area contributed by atoms with E-state index in [0.29, 0.717) is 12.6 Å². The van der Waals surface area contributed by atoms with Crippen LogP contribution < -0.4 is 11.1 Å². The van der Waals surface area contributed by atoms with Crippen LogP contribution in [0.4, 0.5) is 0 Å². The van der Waals surface area contributed by atoms with Crippen molar-refractivity contribution in [3.63, 3.8) is 0 Å². The van der Waals surface area contributed by atoms with Gasteiger partial charge in [-0.1, -0.05) is 6.92 Å². The van der Waals surface area contributed by atoms with Gasteiger partial charge in [0.2, 0.25) is 5.91 Å². The molecule has 1 fully saturated rings. The minimum absolute atomic E-state index is 0.0592. The van der Waals surface area contributed by atoms with Crippen LogP contribution in [-0.2, 0) is 4.79 Å². The minimum atomic E-state index is -0.0592. The van der Waals surface area contributed by atoms with Crippen LogP contribution in [0.2, 0.25) is 0 Å². The summed E-state index contributed by atoms with van der Waals surface area (Å²) >= 11 is 0. The molecular weight excluding hydrogens is 190 g/mol. The molecule has 1 saturated heterocycles. The zero-order valence-electron chi connectivity index (χ0n) is 9.99. The predicted molar refractivity (Wildman–Crippen MR) is 61.5 cm³/mol. The van der Waals surface area contributed by atoms with Crippen LogP contribution in [0.5, 0.6) is 0 Å². The molecule has 1 aliphatic heterocycles. The Balaban J connectivity index is 2.62. The third-order valence-electron chi connectivity index (χ3n) is 3.42. The summed E-state index contributed by atoms with van der Waals surface area (Å²) in [6, 6.07) is 0.303. The van der Waals surface area contributed by atoms with Gasteiger partial charge >= 0.3 is 0 Å². The zero-order chi connectivity index (χ0) is 11.4. The summed E-state index contributed by atoms with van der Waals surface area (Å²) in [4.78, 5) is 13.8. The van der Waals surface area contributed by atoms with E-state index in [1.165, 1.54) is 0 Å². The number of carbonyl (C=O) groups excluding carboxylic acids is 1. The van der Waals surface area contributed by atoms with Crippen molar-refractivity contribution in [3.05, 3.63) is 0 Å². The fraction of sp³-hybridized carbons (Fsp3) is 0.909. The van der Waals surface area contributed by atoms with Gasteiger partial charge in [-0.3, -0.25) is 9.69 Å². The van der Waals surface area contributed by atoms with Gasteiger partial charge in [0.05, 0.1) is 6.04 Å². The van der Waals surface area contributed by atoms with Crippen molar-refractivity contribution in [2.75, 3.05) is 20.1 Å². The summed E-state index contributed by atoms with van der Waals surface area (Å²) in [5, 5.41) is 2.70.